The molecule has 0 saturated heterocycles. The Hall–Kier alpha value is -0.0700. The van der Waals surface area contributed by atoms with Gasteiger partial charge in [0.05, 0.1) is 0 Å². The van der Waals surface area contributed by atoms with Crippen molar-refractivity contribution < 1.29 is 0 Å². The zero-order valence-electron chi connectivity index (χ0n) is 7.72. The molecule has 0 heterocycles. The van der Waals surface area contributed by atoms with E-state index in [0.717, 1.165) is 23.5 Å². The van der Waals surface area contributed by atoms with Gasteiger partial charge in [0.1, 0.15) is 15.5 Å². The van der Waals surface area contributed by atoms with Crippen molar-refractivity contribution in [3.63, 3.8) is 0 Å². The van der Waals surface area contributed by atoms with Gasteiger partial charge < -0.3 is 0 Å². The quantitative estimate of drug-likeness (QED) is 0.555. The van der Waals surface area contributed by atoms with Crippen LogP contribution in [-0.4, -0.2) is 22.7 Å². The molecular weight excluding hydrogens is 226 g/mol. The molecule has 0 aliphatic heterocycles. The molecule has 0 aromatic rings. The van der Waals surface area contributed by atoms with Crippen LogP contribution < -0.4 is 0 Å². The summed E-state index contributed by atoms with van der Waals surface area (Å²) in [5.74, 6) is 0. The zero-order chi connectivity index (χ0) is 9.56. The van der Waals surface area contributed by atoms with Crippen molar-refractivity contribution >= 4 is 35.9 Å². The maximum Gasteiger partial charge on any atom is 0.135 e. The monoisotopic (exact) mass is 237 g/mol. The van der Waals surface area contributed by atoms with E-state index >= 15 is 0 Å². The molecule has 0 atom stereocenters. The van der Waals surface area contributed by atoms with Crippen LogP contribution in [0.3, 0.4) is 0 Å². The van der Waals surface area contributed by atoms with Gasteiger partial charge in [-0.25, -0.2) is 0 Å². The molecule has 0 saturated carbocycles. The molecule has 0 fully saturated rings. The first-order valence-electron chi connectivity index (χ1n) is 3.45. The molecule has 0 aliphatic rings. The minimum Gasteiger partial charge on any atom is -0.282 e. The van der Waals surface area contributed by atoms with Gasteiger partial charge in [0.25, 0.3) is 0 Å². The third-order valence-corrected chi connectivity index (χ3v) is 3.31. The van der Waals surface area contributed by atoms with E-state index in [2.05, 4.69) is 0 Å². The lowest BCUT2D eigenvalue weighted by molar-refractivity contribution is 0.305. The number of hydrogen-bond donors (Lipinski definition) is 0. The minimum absolute atomic E-state index is 0. The number of hydrogen-bond acceptors (Lipinski definition) is 5. The molecule has 3 nitrogen and oxygen atoms in total. The molecule has 0 spiro atoms. The Morgan fingerprint density at radius 1 is 1.15 bits per heavy atom. The zero-order valence-corrected chi connectivity index (χ0v) is 10.2. The van der Waals surface area contributed by atoms with Gasteiger partial charge >= 0.3 is 0 Å². The normalized spacial score (nSPS) is 9.54. The number of thiocyanates is 2. The van der Waals surface area contributed by atoms with Crippen LogP contribution in [0.2, 0.25) is 0 Å². The van der Waals surface area contributed by atoms with Gasteiger partial charge in [0.15, 0.2) is 0 Å². The number of halogens is 1. The maximum absolute atomic E-state index is 8.46. The Morgan fingerprint density at radius 2 is 1.54 bits per heavy atom. The molecule has 0 aromatic heterocycles. The highest BCUT2D eigenvalue weighted by atomic mass is 35.5. The lowest BCUT2D eigenvalue weighted by Crippen LogP contribution is -2.32. The average Bonchev–Trinajstić information content (AvgIpc) is 2.03. The largest absolute Gasteiger partial charge is 0.282 e. The van der Waals surface area contributed by atoms with Crippen molar-refractivity contribution in [2.45, 2.75) is 24.6 Å². The Bertz CT molecular complexity index is 193. The van der Waals surface area contributed by atoms with Crippen LogP contribution >= 0.6 is 35.9 Å². The molecule has 0 aromatic carbocycles. The summed E-state index contributed by atoms with van der Waals surface area (Å²) in [5.41, 5.74) is 0. The van der Waals surface area contributed by atoms with E-state index in [0.29, 0.717) is 6.04 Å². The molecule has 0 amide bonds. The summed E-state index contributed by atoms with van der Waals surface area (Å²) in [6.45, 7) is 4.06. The summed E-state index contributed by atoms with van der Waals surface area (Å²) >= 11 is 2.22. The van der Waals surface area contributed by atoms with Crippen LogP contribution in [-0.2, 0) is 0 Å². The Balaban J connectivity index is 0. The van der Waals surface area contributed by atoms with Crippen LogP contribution in [0.4, 0.5) is 0 Å². The molecule has 0 unspecified atom stereocenters. The number of nitrogens with zero attached hydrogens (tertiary/aromatic N) is 3. The lowest BCUT2D eigenvalue weighted by atomic mass is 10.4. The summed E-state index contributed by atoms with van der Waals surface area (Å²) in [6, 6.07) is 0.344. The van der Waals surface area contributed by atoms with E-state index in [4.69, 9.17) is 10.5 Å². The molecule has 13 heavy (non-hydrogen) atoms. The van der Waals surface area contributed by atoms with Gasteiger partial charge in [-0.2, -0.15) is 10.5 Å². The van der Waals surface area contributed by atoms with E-state index in [-0.39, 0.29) is 17.1 Å². The van der Waals surface area contributed by atoms with Gasteiger partial charge in [0.2, 0.25) is 0 Å². The Labute approximate surface area is 93.9 Å². The third kappa shape index (κ3) is 6.06. The van der Waals surface area contributed by atoms with Gasteiger partial charge in [-0.1, -0.05) is 0 Å². The van der Waals surface area contributed by atoms with E-state index < -0.39 is 0 Å². The summed E-state index contributed by atoms with van der Waals surface area (Å²) in [5, 5.41) is 20.9. The summed E-state index contributed by atoms with van der Waals surface area (Å²) in [6.07, 6.45) is 0. The lowest BCUT2D eigenvalue weighted by Gasteiger charge is -2.25. The molecule has 6 heteroatoms. The van der Waals surface area contributed by atoms with Gasteiger partial charge in [0, 0.05) is 6.04 Å². The van der Waals surface area contributed by atoms with Crippen molar-refractivity contribution in [2.75, 3.05) is 7.05 Å². The first-order chi connectivity index (χ1) is 5.63. The van der Waals surface area contributed by atoms with Crippen molar-refractivity contribution in [2.24, 2.45) is 0 Å². The fourth-order valence-electron chi connectivity index (χ4n) is 0.524. The number of nitriles is 2. The highest BCUT2D eigenvalue weighted by molar-refractivity contribution is 8.20. The smallest absolute Gasteiger partial charge is 0.135 e. The van der Waals surface area contributed by atoms with Crippen LogP contribution in [0.1, 0.15) is 13.8 Å². The van der Waals surface area contributed by atoms with Crippen molar-refractivity contribution in [3.8, 4) is 10.8 Å². The van der Waals surface area contributed by atoms with Gasteiger partial charge in [-0.15, -0.1) is 12.4 Å². The fraction of sp³-hybridized carbons (Fsp3) is 0.714. The highest BCUT2D eigenvalue weighted by Gasteiger charge is 2.18. The molecule has 0 aliphatic carbocycles. The summed E-state index contributed by atoms with van der Waals surface area (Å²) < 4.78 is -0.0833. The fourth-order valence-corrected chi connectivity index (χ4v) is 1.97. The standard InChI is InChI=1S/C7H11N3S2.ClH/c1-6(2)10(3)7(11-4-8)12-5-9;/h6-7H,1-3H3;1H. The second kappa shape index (κ2) is 8.52. The van der Waals surface area contributed by atoms with E-state index in [1.165, 1.54) is 0 Å². The minimum atomic E-state index is -0.0833. The maximum atomic E-state index is 8.46. The Morgan fingerprint density at radius 3 is 1.77 bits per heavy atom. The molecule has 0 radical (unpaired) electrons. The number of thioether (sulfide) groups is 2. The van der Waals surface area contributed by atoms with Crippen LogP contribution in [0.25, 0.3) is 0 Å². The van der Waals surface area contributed by atoms with Crippen LogP contribution in [0.15, 0.2) is 0 Å². The van der Waals surface area contributed by atoms with Crippen LogP contribution in [0, 0.1) is 21.3 Å². The summed E-state index contributed by atoms with van der Waals surface area (Å²) in [7, 11) is 1.91. The molecule has 0 N–H and O–H groups in total. The average molecular weight is 238 g/mol. The van der Waals surface area contributed by atoms with Crippen molar-refractivity contribution in [1.29, 1.82) is 10.5 Å². The Kier molecular flexibility index (Phi) is 10.1. The SMILES string of the molecule is CC(C)N(C)C(SC#N)SC#N.Cl. The second-order valence-electron chi connectivity index (χ2n) is 2.48. The predicted octanol–water partition coefficient (Wildman–Crippen LogP) is 2.46. The summed E-state index contributed by atoms with van der Waals surface area (Å²) in [4.78, 5) is 1.99. The molecule has 0 rings (SSSR count). The molecule has 0 bridgehead atoms. The van der Waals surface area contributed by atoms with Gasteiger partial charge in [-0.3, -0.25) is 4.90 Å². The highest BCUT2D eigenvalue weighted by Crippen LogP contribution is 2.25. The third-order valence-electron chi connectivity index (χ3n) is 1.45. The van der Waals surface area contributed by atoms with E-state index in [9.17, 15) is 0 Å². The number of rotatable bonds is 4. The second-order valence-corrected chi connectivity index (χ2v) is 4.51. The van der Waals surface area contributed by atoms with E-state index in [1.54, 1.807) is 0 Å². The molecule has 74 valence electrons. The van der Waals surface area contributed by atoms with Crippen molar-refractivity contribution in [1.82, 2.24) is 4.90 Å². The van der Waals surface area contributed by atoms with Gasteiger partial charge in [-0.05, 0) is 44.4 Å². The van der Waals surface area contributed by atoms with E-state index in [1.807, 2.05) is 36.6 Å². The predicted molar refractivity (Wildman–Crippen MR) is 60.3 cm³/mol. The first-order valence-corrected chi connectivity index (χ1v) is 5.20. The van der Waals surface area contributed by atoms with Crippen LogP contribution in [0.5, 0.6) is 0 Å². The molecular formula is C7H12ClN3S2. The topological polar surface area (TPSA) is 50.8 Å². The van der Waals surface area contributed by atoms with Crippen molar-refractivity contribution in [3.05, 3.63) is 0 Å². The first kappa shape index (κ1) is 15.4.